The standard InChI is InChI=1S/C37H36N2O3.Eu.2H2O/c1-36(2,3)23-14-18-30-27(20-23)28-21-24(37(4,5)6)15-19-31(28)39(30)25-16-12-22(13-17-25)33(40)32-34(41)26-10-8-9-11-29(26)38(7)35(32)42;;;/h8-21,41H,1-7H3;;2*1H2. The number of carbonyl (C=O) groups is 1. The predicted octanol–water partition coefficient (Wildman–Crippen LogP) is 6.52. The maximum Gasteiger partial charge on any atom is 0.265 e. The van der Waals surface area contributed by atoms with Crippen molar-refractivity contribution in [1.29, 1.82) is 0 Å². The molecule has 0 aliphatic heterocycles. The fourth-order valence-electron chi connectivity index (χ4n) is 5.82. The van der Waals surface area contributed by atoms with Crippen LogP contribution in [0.2, 0.25) is 0 Å². The second kappa shape index (κ2) is 12.9. The summed E-state index contributed by atoms with van der Waals surface area (Å²) in [6.07, 6.45) is 0. The minimum absolute atomic E-state index is 0. The molecule has 0 saturated heterocycles. The molecule has 0 unspecified atom stereocenters. The number of hydrogen-bond acceptors (Lipinski definition) is 3. The number of benzene rings is 4. The Bertz CT molecular complexity index is 2040. The molecule has 6 rings (SSSR count). The molecule has 0 saturated carbocycles. The Morgan fingerprint density at radius 3 is 1.64 bits per heavy atom. The van der Waals surface area contributed by atoms with Gasteiger partial charge in [-0.15, -0.1) is 0 Å². The van der Waals surface area contributed by atoms with Crippen LogP contribution in [-0.2, 0) is 17.9 Å². The Labute approximate surface area is 303 Å². The van der Waals surface area contributed by atoms with Crippen molar-refractivity contribution >= 4 is 38.5 Å². The molecule has 2 heterocycles. The average molecular weight is 745 g/mol. The van der Waals surface area contributed by atoms with Gasteiger partial charge < -0.3 is 25.2 Å². The summed E-state index contributed by atoms with van der Waals surface area (Å²) in [4.78, 5) is 26.7. The number of nitrogens with zero attached hydrogens (tertiary/aromatic N) is 2. The number of pyridine rings is 1. The number of carbonyl (C=O) groups excluding carboxylic acids is 1. The number of fused-ring (bicyclic) bond motifs is 4. The maximum absolute atomic E-state index is 13.6. The summed E-state index contributed by atoms with van der Waals surface area (Å²) in [5, 5.41) is 13.8. The second-order valence-electron chi connectivity index (χ2n) is 13.3. The van der Waals surface area contributed by atoms with E-state index in [0.717, 1.165) is 16.7 Å². The van der Waals surface area contributed by atoms with E-state index in [1.54, 1.807) is 43.4 Å². The first kappa shape index (κ1) is 36.3. The van der Waals surface area contributed by atoms with Crippen LogP contribution in [0.4, 0.5) is 0 Å². The van der Waals surface area contributed by atoms with Gasteiger partial charge in [-0.1, -0.05) is 65.8 Å². The van der Waals surface area contributed by atoms with Crippen molar-refractivity contribution in [3.63, 3.8) is 0 Å². The van der Waals surface area contributed by atoms with E-state index < -0.39 is 11.3 Å². The van der Waals surface area contributed by atoms with Gasteiger partial charge in [0.15, 0.2) is 0 Å². The largest absolute Gasteiger partial charge is 0.506 e. The summed E-state index contributed by atoms with van der Waals surface area (Å²) in [6.45, 7) is 13.4. The number of ketones is 1. The molecule has 7 nitrogen and oxygen atoms in total. The van der Waals surface area contributed by atoms with Crippen LogP contribution >= 0.6 is 0 Å². The van der Waals surface area contributed by atoms with E-state index >= 15 is 0 Å². The quantitative estimate of drug-likeness (QED) is 0.208. The summed E-state index contributed by atoms with van der Waals surface area (Å²) in [5.74, 6) is -0.785. The van der Waals surface area contributed by atoms with E-state index in [1.807, 2.05) is 12.1 Å². The van der Waals surface area contributed by atoms with Gasteiger partial charge in [-0.2, -0.15) is 0 Å². The third kappa shape index (κ3) is 6.19. The van der Waals surface area contributed by atoms with E-state index in [9.17, 15) is 14.7 Å². The molecular formula is C37H40EuN2O5. The normalized spacial score (nSPS) is 11.6. The molecule has 1 radical (unpaired) electrons. The minimum atomic E-state index is -0.521. The molecule has 0 spiro atoms. The number of aryl methyl sites for hydroxylation is 1. The van der Waals surface area contributed by atoms with Gasteiger partial charge in [0.1, 0.15) is 11.3 Å². The minimum Gasteiger partial charge on any atom is -0.506 e. The van der Waals surface area contributed by atoms with Gasteiger partial charge >= 0.3 is 0 Å². The molecule has 2 aromatic heterocycles. The fraction of sp³-hybridized carbons (Fsp3) is 0.243. The number of aromatic hydroxyl groups is 1. The van der Waals surface area contributed by atoms with E-state index in [4.69, 9.17) is 0 Å². The summed E-state index contributed by atoms with van der Waals surface area (Å²) < 4.78 is 3.64. The Morgan fingerprint density at radius 1 is 0.667 bits per heavy atom. The van der Waals surface area contributed by atoms with Gasteiger partial charge in [-0.05, 0) is 82.6 Å². The zero-order valence-corrected chi connectivity index (χ0v) is 29.0. The smallest absolute Gasteiger partial charge is 0.265 e. The van der Waals surface area contributed by atoms with Crippen LogP contribution in [0.15, 0.2) is 89.7 Å². The van der Waals surface area contributed by atoms with Crippen molar-refractivity contribution in [1.82, 2.24) is 9.13 Å². The van der Waals surface area contributed by atoms with Crippen LogP contribution in [0, 0.1) is 49.4 Å². The van der Waals surface area contributed by atoms with Crippen molar-refractivity contribution in [2.24, 2.45) is 7.05 Å². The Balaban J connectivity index is 0.00000184. The van der Waals surface area contributed by atoms with Crippen molar-refractivity contribution in [3.05, 3.63) is 118 Å². The third-order valence-electron chi connectivity index (χ3n) is 8.39. The zero-order chi connectivity index (χ0) is 30.1. The van der Waals surface area contributed by atoms with Crippen LogP contribution in [-0.4, -0.2) is 31.0 Å². The first-order valence-corrected chi connectivity index (χ1v) is 14.3. The number of para-hydroxylation sites is 1. The van der Waals surface area contributed by atoms with Gasteiger partial charge in [-0.25, -0.2) is 0 Å². The van der Waals surface area contributed by atoms with Gasteiger partial charge in [0.25, 0.3) is 5.56 Å². The molecule has 8 heteroatoms. The second-order valence-corrected chi connectivity index (χ2v) is 13.3. The molecule has 5 N–H and O–H groups in total. The van der Waals surface area contributed by atoms with Crippen molar-refractivity contribution in [2.45, 2.75) is 52.4 Å². The first-order valence-electron chi connectivity index (χ1n) is 14.3. The maximum atomic E-state index is 13.6. The van der Waals surface area contributed by atoms with Crippen LogP contribution in [0.1, 0.15) is 68.6 Å². The molecule has 4 aromatic carbocycles. The molecular weight excluding hydrogens is 704 g/mol. The monoisotopic (exact) mass is 745 g/mol. The molecule has 45 heavy (non-hydrogen) atoms. The first-order chi connectivity index (χ1) is 19.8. The molecule has 6 aromatic rings. The molecule has 0 atom stereocenters. The Kier molecular flexibility index (Phi) is 10.4. The van der Waals surface area contributed by atoms with Gasteiger partial charge in [0.05, 0.1) is 16.6 Å². The molecule has 0 fully saturated rings. The average Bonchev–Trinajstić information content (AvgIpc) is 3.28. The van der Waals surface area contributed by atoms with E-state index in [-0.39, 0.29) is 82.5 Å². The summed E-state index contributed by atoms with van der Waals surface area (Å²) in [7, 11) is 1.61. The Morgan fingerprint density at radius 2 is 1.16 bits per heavy atom. The topological polar surface area (TPSA) is 127 Å². The Hall–Kier alpha value is -3.14. The van der Waals surface area contributed by atoms with Gasteiger partial charge in [0.2, 0.25) is 5.78 Å². The number of rotatable bonds is 3. The van der Waals surface area contributed by atoms with Crippen LogP contribution < -0.4 is 5.56 Å². The summed E-state index contributed by atoms with van der Waals surface area (Å²) >= 11 is 0. The summed E-state index contributed by atoms with van der Waals surface area (Å²) in [6, 6.07) is 27.7. The zero-order valence-electron chi connectivity index (χ0n) is 26.6. The summed E-state index contributed by atoms with van der Waals surface area (Å²) in [5.41, 5.74) is 5.82. The van der Waals surface area contributed by atoms with E-state index in [2.05, 4.69) is 82.5 Å². The van der Waals surface area contributed by atoms with Crippen LogP contribution in [0.5, 0.6) is 5.75 Å². The van der Waals surface area contributed by atoms with Crippen molar-refractivity contribution < 1.29 is 70.2 Å². The molecule has 235 valence electrons. The molecule has 0 aliphatic rings. The number of aromatic nitrogens is 2. The van der Waals surface area contributed by atoms with E-state index in [1.165, 1.54) is 26.5 Å². The van der Waals surface area contributed by atoms with Crippen LogP contribution in [0.25, 0.3) is 38.4 Å². The van der Waals surface area contributed by atoms with E-state index in [0.29, 0.717) is 16.5 Å². The van der Waals surface area contributed by atoms with Crippen LogP contribution in [0.3, 0.4) is 0 Å². The molecule has 0 amide bonds. The fourth-order valence-corrected chi connectivity index (χ4v) is 5.82. The molecule has 0 bridgehead atoms. The van der Waals surface area contributed by atoms with Gasteiger partial charge in [-0.3, -0.25) is 9.59 Å². The van der Waals surface area contributed by atoms with Crippen molar-refractivity contribution in [2.75, 3.05) is 0 Å². The molecule has 0 aliphatic carbocycles. The SMILES string of the molecule is Cn1c(=O)c(C(=O)c2ccc(-n3c4ccc(C(C)(C)C)cc4c4cc(C(C)(C)C)ccc43)cc2)c(O)c2ccccc21.O.O.[Eu]. The van der Waals surface area contributed by atoms with Crippen molar-refractivity contribution in [3.8, 4) is 11.4 Å². The number of hydrogen-bond donors (Lipinski definition) is 1. The predicted molar refractivity (Wildman–Crippen MR) is 180 cm³/mol. The third-order valence-corrected chi connectivity index (χ3v) is 8.39. The van der Waals surface area contributed by atoms with Gasteiger partial charge in [0, 0.05) is 83.8 Å².